The van der Waals surface area contributed by atoms with Gasteiger partial charge in [0.25, 0.3) is 0 Å². The number of nitrogens with one attached hydrogen (secondary N) is 1. The van der Waals surface area contributed by atoms with Crippen LogP contribution in [0.5, 0.6) is 5.75 Å². The van der Waals surface area contributed by atoms with Crippen molar-refractivity contribution in [1.29, 1.82) is 0 Å². The van der Waals surface area contributed by atoms with Crippen LogP contribution in [0.25, 0.3) is 0 Å². The van der Waals surface area contributed by atoms with Gasteiger partial charge < -0.3 is 15.2 Å². The number of thioether (sulfide) groups is 1. The molecule has 0 aromatic heterocycles. The average molecular weight is 439 g/mol. The zero-order chi connectivity index (χ0) is 20.4. The molecule has 2 amide bonds. The molecule has 2 bridgehead atoms. The van der Waals surface area contributed by atoms with Crippen molar-refractivity contribution in [3.05, 3.63) is 23.2 Å². The third-order valence-electron chi connectivity index (χ3n) is 5.96. The first-order valence-electron chi connectivity index (χ1n) is 10.0. The summed E-state index contributed by atoms with van der Waals surface area (Å²) in [6.07, 6.45) is 4.20. The minimum atomic E-state index is -0.568. The smallest absolute Gasteiger partial charge is 0.319 e. The van der Waals surface area contributed by atoms with Gasteiger partial charge in [0.1, 0.15) is 12.0 Å². The number of nitrogens with two attached hydrogens (primary N) is 1. The highest BCUT2D eigenvalue weighted by molar-refractivity contribution is 8.12. The fourth-order valence-corrected chi connectivity index (χ4v) is 5.75. The number of methoxy groups -OCH3 is 1. The highest BCUT2D eigenvalue weighted by Crippen LogP contribution is 2.38. The topological polar surface area (TPSA) is 89.2 Å². The third kappa shape index (κ3) is 4.66. The zero-order valence-corrected chi connectivity index (χ0v) is 18.0. The quantitative estimate of drug-likeness (QED) is 0.736. The summed E-state index contributed by atoms with van der Waals surface area (Å²) in [6, 6.07) is 4.94. The Kier molecular flexibility index (Phi) is 6.53. The van der Waals surface area contributed by atoms with Crippen molar-refractivity contribution >= 4 is 40.6 Å². The van der Waals surface area contributed by atoms with Gasteiger partial charge in [0.15, 0.2) is 0 Å². The van der Waals surface area contributed by atoms with E-state index >= 15 is 0 Å². The van der Waals surface area contributed by atoms with Crippen LogP contribution in [0.15, 0.2) is 23.2 Å². The van der Waals surface area contributed by atoms with E-state index in [9.17, 15) is 4.79 Å². The van der Waals surface area contributed by atoms with Gasteiger partial charge in [0.05, 0.1) is 37.5 Å². The Hall–Kier alpha value is -1.48. The predicted molar refractivity (Wildman–Crippen MR) is 117 cm³/mol. The van der Waals surface area contributed by atoms with Gasteiger partial charge in [-0.05, 0) is 43.9 Å². The number of halogens is 1. The van der Waals surface area contributed by atoms with Gasteiger partial charge in [0.2, 0.25) is 0 Å². The summed E-state index contributed by atoms with van der Waals surface area (Å²) in [5.41, 5.74) is 8.23. The highest BCUT2D eigenvalue weighted by atomic mass is 35.5. The molecule has 2 aliphatic heterocycles. The maximum atomic E-state index is 12.3. The molecule has 0 radical (unpaired) electrons. The van der Waals surface area contributed by atoms with Crippen molar-refractivity contribution < 1.29 is 14.3 Å². The molecule has 1 saturated carbocycles. The van der Waals surface area contributed by atoms with Crippen LogP contribution in [-0.2, 0) is 4.74 Å². The zero-order valence-electron chi connectivity index (χ0n) is 16.4. The minimum absolute atomic E-state index is 0.148. The largest absolute Gasteiger partial charge is 0.495 e. The maximum Gasteiger partial charge on any atom is 0.319 e. The van der Waals surface area contributed by atoms with Gasteiger partial charge in [-0.25, -0.2) is 4.79 Å². The lowest BCUT2D eigenvalue weighted by Gasteiger charge is -2.33. The van der Waals surface area contributed by atoms with Crippen molar-refractivity contribution in [2.24, 2.45) is 16.6 Å². The molecule has 2 fully saturated rings. The second-order valence-corrected chi connectivity index (χ2v) is 9.29. The Labute approximate surface area is 180 Å². The van der Waals surface area contributed by atoms with Crippen molar-refractivity contribution in [3.8, 4) is 5.75 Å². The van der Waals surface area contributed by atoms with Gasteiger partial charge in [-0.1, -0.05) is 11.6 Å². The fourth-order valence-electron chi connectivity index (χ4n) is 4.59. The number of anilines is 1. The van der Waals surface area contributed by atoms with Crippen LogP contribution in [0, 0.1) is 5.92 Å². The number of carbonyl (C=O) groups is 1. The molecule has 1 saturated heterocycles. The molecule has 3 N–H and O–H groups in total. The standard InChI is InChI=1S/C20H27ClN4O3S/c1-27-17-6-5-12(21)7-15(17)25(20(22)26)10-19-24-13-3-2-4-16(28-19)14(8-13)18-9-23-11-29-18/h5-7,11,13-14,16,18-19,24H,2-4,8-10H2,1H3,(H2,22,26). The summed E-state index contributed by atoms with van der Waals surface area (Å²) < 4.78 is 11.9. The molecule has 5 atom stereocenters. The van der Waals surface area contributed by atoms with Crippen molar-refractivity contribution in [1.82, 2.24) is 5.32 Å². The highest BCUT2D eigenvalue weighted by Gasteiger charge is 2.41. The molecule has 1 aromatic rings. The van der Waals surface area contributed by atoms with Crippen LogP contribution in [-0.4, -0.2) is 55.4 Å². The van der Waals surface area contributed by atoms with E-state index in [0.29, 0.717) is 40.2 Å². The molecular weight excluding hydrogens is 412 g/mol. The number of hydrogen-bond donors (Lipinski definition) is 2. The van der Waals surface area contributed by atoms with Crippen molar-refractivity contribution in [2.45, 2.75) is 49.3 Å². The molecular formula is C20H27ClN4O3S. The van der Waals surface area contributed by atoms with Crippen LogP contribution in [0.4, 0.5) is 10.5 Å². The first-order valence-corrected chi connectivity index (χ1v) is 11.3. The second-order valence-electron chi connectivity index (χ2n) is 7.77. The van der Waals surface area contributed by atoms with Crippen LogP contribution < -0.4 is 20.7 Å². The number of carbonyl (C=O) groups excluding carboxylic acids is 1. The number of hydrogen-bond acceptors (Lipinski definition) is 6. The van der Waals surface area contributed by atoms with E-state index < -0.39 is 6.03 Å². The number of nitrogens with zero attached hydrogens (tertiary/aromatic N) is 2. The summed E-state index contributed by atoms with van der Waals surface area (Å²) in [6.45, 7) is 1.15. The number of aliphatic imine (C=N–C) groups is 1. The molecule has 3 aliphatic rings. The van der Waals surface area contributed by atoms with E-state index in [2.05, 4.69) is 10.3 Å². The van der Waals surface area contributed by atoms with E-state index in [0.717, 1.165) is 32.2 Å². The molecule has 158 valence electrons. The number of fused-ring (bicyclic) bond motifs is 3. The normalized spacial score (nSPS) is 31.3. The first kappa shape index (κ1) is 20.8. The van der Waals surface area contributed by atoms with Gasteiger partial charge in [-0.15, -0.1) is 11.8 Å². The predicted octanol–water partition coefficient (Wildman–Crippen LogP) is 3.25. The number of ether oxygens (including phenoxy) is 2. The lowest BCUT2D eigenvalue weighted by molar-refractivity contribution is -0.0471. The Morgan fingerprint density at radius 1 is 1.48 bits per heavy atom. The summed E-state index contributed by atoms with van der Waals surface area (Å²) >= 11 is 7.98. The Morgan fingerprint density at radius 2 is 2.34 bits per heavy atom. The van der Waals surface area contributed by atoms with Crippen LogP contribution >= 0.6 is 23.4 Å². The number of rotatable bonds is 5. The van der Waals surface area contributed by atoms with Crippen molar-refractivity contribution in [2.75, 3.05) is 25.1 Å². The number of benzene rings is 1. The first-order chi connectivity index (χ1) is 14.0. The van der Waals surface area contributed by atoms with Crippen LogP contribution in [0.1, 0.15) is 25.7 Å². The van der Waals surface area contributed by atoms with E-state index in [1.807, 2.05) is 17.3 Å². The molecule has 4 rings (SSSR count). The summed E-state index contributed by atoms with van der Waals surface area (Å²) in [4.78, 5) is 18.2. The Bertz CT molecular complexity index is 772. The minimum Gasteiger partial charge on any atom is -0.495 e. The summed E-state index contributed by atoms with van der Waals surface area (Å²) in [7, 11) is 1.56. The number of amides is 2. The van der Waals surface area contributed by atoms with E-state index in [1.54, 1.807) is 25.3 Å². The molecule has 5 unspecified atom stereocenters. The Morgan fingerprint density at radius 3 is 3.07 bits per heavy atom. The van der Waals surface area contributed by atoms with E-state index in [-0.39, 0.29) is 12.3 Å². The Balaban J connectivity index is 1.54. The summed E-state index contributed by atoms with van der Waals surface area (Å²) in [5.74, 6) is 0.995. The lowest BCUT2D eigenvalue weighted by atomic mass is 9.92. The average Bonchev–Trinajstić information content (AvgIpc) is 3.07. The molecule has 2 heterocycles. The van der Waals surface area contributed by atoms with Crippen LogP contribution in [0.3, 0.4) is 0 Å². The molecule has 29 heavy (non-hydrogen) atoms. The fraction of sp³-hybridized carbons (Fsp3) is 0.600. The third-order valence-corrected chi connectivity index (χ3v) is 7.31. The van der Waals surface area contributed by atoms with Gasteiger partial charge in [-0.2, -0.15) is 0 Å². The number of primary amides is 1. The molecule has 0 spiro atoms. The number of urea groups is 1. The maximum absolute atomic E-state index is 12.3. The van der Waals surface area contributed by atoms with E-state index in [4.69, 9.17) is 26.8 Å². The van der Waals surface area contributed by atoms with Gasteiger partial charge in [-0.3, -0.25) is 15.2 Å². The SMILES string of the molecule is COc1ccc(Cl)cc1N(CC1NC2CCCC(O1)C(C1CN=CS1)C2)C(N)=O. The molecule has 9 heteroatoms. The van der Waals surface area contributed by atoms with E-state index in [1.165, 1.54) is 4.90 Å². The molecule has 1 aliphatic carbocycles. The van der Waals surface area contributed by atoms with Gasteiger partial charge in [0, 0.05) is 22.2 Å². The van der Waals surface area contributed by atoms with Crippen LogP contribution in [0.2, 0.25) is 5.02 Å². The van der Waals surface area contributed by atoms with Crippen molar-refractivity contribution in [3.63, 3.8) is 0 Å². The van der Waals surface area contributed by atoms with Gasteiger partial charge >= 0.3 is 6.03 Å². The lowest BCUT2D eigenvalue weighted by Crippen LogP contribution is -2.50. The second kappa shape index (κ2) is 9.12. The monoisotopic (exact) mass is 438 g/mol. The molecule has 1 aromatic carbocycles. The summed E-state index contributed by atoms with van der Waals surface area (Å²) in [5, 5.41) is 4.60. The molecule has 7 nitrogen and oxygen atoms in total.